The Kier molecular flexibility index (Phi) is 3.72. The molecule has 16 heavy (non-hydrogen) atoms. The molecule has 1 aromatic carbocycles. The maximum Gasteiger partial charge on any atom is 0.138 e. The van der Waals surface area contributed by atoms with Gasteiger partial charge in [-0.05, 0) is 36.1 Å². The third-order valence-corrected chi connectivity index (χ3v) is 3.16. The number of hydrogen-bond acceptors (Lipinski definition) is 2. The molecule has 0 saturated heterocycles. The molecule has 0 fully saturated rings. The number of ether oxygens (including phenoxy) is 1. The molecule has 2 rings (SSSR count). The number of benzene rings is 1. The topological polar surface area (TPSA) is 21.3 Å². The van der Waals surface area contributed by atoms with E-state index < -0.39 is 0 Å². The molecule has 1 heterocycles. The second-order valence-corrected chi connectivity index (χ2v) is 5.02. The number of hydrogen-bond donors (Lipinski definition) is 1. The van der Waals surface area contributed by atoms with Crippen LogP contribution in [-0.2, 0) is 13.0 Å². The largest absolute Gasteiger partial charge is 0.492 e. The molecule has 0 atom stereocenters. The molecule has 0 saturated carbocycles. The fourth-order valence-corrected chi connectivity index (χ4v) is 2.21. The van der Waals surface area contributed by atoms with Crippen LogP contribution in [0, 0.1) is 5.92 Å². The van der Waals surface area contributed by atoms with Crippen LogP contribution in [0.15, 0.2) is 12.1 Å². The van der Waals surface area contributed by atoms with Crippen molar-refractivity contribution in [2.24, 2.45) is 5.92 Å². The first-order valence-corrected chi connectivity index (χ1v) is 6.20. The van der Waals surface area contributed by atoms with Crippen LogP contribution in [0.4, 0.5) is 0 Å². The van der Waals surface area contributed by atoms with E-state index in [4.69, 9.17) is 16.3 Å². The van der Waals surface area contributed by atoms with Gasteiger partial charge in [0, 0.05) is 6.54 Å². The van der Waals surface area contributed by atoms with Crippen molar-refractivity contribution in [1.29, 1.82) is 0 Å². The number of rotatable bonds is 3. The van der Waals surface area contributed by atoms with Gasteiger partial charge in [0.25, 0.3) is 0 Å². The zero-order chi connectivity index (χ0) is 11.5. The van der Waals surface area contributed by atoms with E-state index in [1.54, 1.807) is 0 Å². The predicted octanol–water partition coefficient (Wildman–Crippen LogP) is 3.02. The van der Waals surface area contributed by atoms with E-state index in [2.05, 4.69) is 25.2 Å². The van der Waals surface area contributed by atoms with Crippen molar-refractivity contribution in [3.8, 4) is 5.75 Å². The smallest absolute Gasteiger partial charge is 0.138 e. The quantitative estimate of drug-likeness (QED) is 0.876. The summed E-state index contributed by atoms with van der Waals surface area (Å²) in [5, 5.41) is 4.14. The number of nitrogens with one attached hydrogen (secondary N) is 1. The van der Waals surface area contributed by atoms with E-state index in [1.165, 1.54) is 11.1 Å². The Balaban J connectivity index is 2.20. The van der Waals surface area contributed by atoms with Crippen LogP contribution in [0.3, 0.4) is 0 Å². The lowest BCUT2D eigenvalue weighted by Crippen LogP contribution is -2.24. The summed E-state index contributed by atoms with van der Waals surface area (Å²) in [6, 6.07) is 4.10. The molecule has 1 N–H and O–H groups in total. The van der Waals surface area contributed by atoms with Gasteiger partial charge in [0.05, 0.1) is 11.6 Å². The zero-order valence-corrected chi connectivity index (χ0v) is 10.6. The fourth-order valence-electron chi connectivity index (χ4n) is 1.88. The Morgan fingerprint density at radius 1 is 1.44 bits per heavy atom. The van der Waals surface area contributed by atoms with Crippen molar-refractivity contribution in [2.75, 3.05) is 13.2 Å². The molecule has 0 spiro atoms. The minimum absolute atomic E-state index is 0.522. The number of halogens is 1. The molecule has 88 valence electrons. The predicted molar refractivity (Wildman–Crippen MR) is 67.2 cm³/mol. The third-order valence-electron chi connectivity index (χ3n) is 2.74. The first kappa shape index (κ1) is 11.7. The molecule has 0 radical (unpaired) electrons. The highest BCUT2D eigenvalue weighted by Gasteiger charge is 2.15. The highest BCUT2D eigenvalue weighted by Crippen LogP contribution is 2.32. The van der Waals surface area contributed by atoms with Crippen LogP contribution in [0.1, 0.15) is 25.0 Å². The zero-order valence-electron chi connectivity index (χ0n) is 9.85. The first-order valence-electron chi connectivity index (χ1n) is 5.82. The van der Waals surface area contributed by atoms with Gasteiger partial charge in [-0.25, -0.2) is 0 Å². The van der Waals surface area contributed by atoms with Gasteiger partial charge >= 0.3 is 0 Å². The second-order valence-electron chi connectivity index (χ2n) is 4.65. The Morgan fingerprint density at radius 3 is 3.00 bits per heavy atom. The summed E-state index contributed by atoms with van der Waals surface area (Å²) in [6.07, 6.45) is 0.993. The van der Waals surface area contributed by atoms with Crippen molar-refractivity contribution < 1.29 is 4.74 Å². The molecule has 0 aromatic heterocycles. The monoisotopic (exact) mass is 239 g/mol. The van der Waals surface area contributed by atoms with Crippen LogP contribution >= 0.6 is 11.6 Å². The van der Waals surface area contributed by atoms with Gasteiger partial charge in [0.2, 0.25) is 0 Å². The molecule has 0 bridgehead atoms. The molecule has 1 aromatic rings. The average Bonchev–Trinajstić information content (AvgIpc) is 2.28. The summed E-state index contributed by atoms with van der Waals surface area (Å²) >= 11 is 6.36. The van der Waals surface area contributed by atoms with Crippen LogP contribution in [0.5, 0.6) is 5.75 Å². The van der Waals surface area contributed by atoms with Crippen molar-refractivity contribution >= 4 is 11.6 Å². The fraction of sp³-hybridized carbons (Fsp3) is 0.538. The van der Waals surface area contributed by atoms with E-state index >= 15 is 0 Å². The summed E-state index contributed by atoms with van der Waals surface area (Å²) < 4.78 is 5.71. The summed E-state index contributed by atoms with van der Waals surface area (Å²) in [7, 11) is 0. The summed E-state index contributed by atoms with van der Waals surface area (Å²) in [5.41, 5.74) is 2.55. The maximum absolute atomic E-state index is 6.36. The number of fused-ring (bicyclic) bond motifs is 1. The minimum Gasteiger partial charge on any atom is -0.492 e. The minimum atomic E-state index is 0.522. The van der Waals surface area contributed by atoms with Gasteiger partial charge < -0.3 is 10.1 Å². The van der Waals surface area contributed by atoms with Crippen LogP contribution in [0.2, 0.25) is 5.02 Å². The van der Waals surface area contributed by atoms with Crippen LogP contribution in [0.25, 0.3) is 0 Å². The van der Waals surface area contributed by atoms with Crippen molar-refractivity contribution in [3.63, 3.8) is 0 Å². The van der Waals surface area contributed by atoms with Crippen LogP contribution in [-0.4, -0.2) is 13.2 Å². The van der Waals surface area contributed by atoms with E-state index in [1.807, 2.05) is 6.07 Å². The summed E-state index contributed by atoms with van der Waals surface area (Å²) in [5.74, 6) is 1.35. The lowest BCUT2D eigenvalue weighted by Gasteiger charge is -2.20. The molecule has 0 unspecified atom stereocenters. The van der Waals surface area contributed by atoms with E-state index in [9.17, 15) is 0 Å². The normalized spacial score (nSPS) is 15.0. The van der Waals surface area contributed by atoms with Gasteiger partial charge in [0.1, 0.15) is 5.75 Å². The Bertz CT molecular complexity index is 376. The summed E-state index contributed by atoms with van der Waals surface area (Å²) in [6.45, 7) is 6.91. The Labute approximate surface area is 102 Å². The van der Waals surface area contributed by atoms with E-state index in [-0.39, 0.29) is 0 Å². The molecule has 0 aliphatic carbocycles. The lowest BCUT2D eigenvalue weighted by molar-refractivity contribution is 0.271. The van der Waals surface area contributed by atoms with Gasteiger partial charge in [-0.3, -0.25) is 0 Å². The standard InChI is InChI=1S/C13H18ClNO/c1-9(2)8-16-12-4-3-10-7-15-6-5-11(10)13(12)14/h3-4,9,15H,5-8H2,1-2H3. The van der Waals surface area contributed by atoms with Crippen molar-refractivity contribution in [3.05, 3.63) is 28.3 Å². The molecule has 1 aliphatic heterocycles. The second kappa shape index (κ2) is 5.07. The highest BCUT2D eigenvalue weighted by molar-refractivity contribution is 6.33. The SMILES string of the molecule is CC(C)COc1ccc2c(c1Cl)CCNC2. The van der Waals surface area contributed by atoms with Gasteiger partial charge in [0.15, 0.2) is 0 Å². The highest BCUT2D eigenvalue weighted by atomic mass is 35.5. The molecular formula is C13H18ClNO. The van der Waals surface area contributed by atoms with Crippen molar-refractivity contribution in [2.45, 2.75) is 26.8 Å². The van der Waals surface area contributed by atoms with Gasteiger partial charge in [-0.1, -0.05) is 31.5 Å². The molecule has 1 aliphatic rings. The van der Waals surface area contributed by atoms with Gasteiger partial charge in [-0.15, -0.1) is 0 Å². The Morgan fingerprint density at radius 2 is 2.25 bits per heavy atom. The molecule has 2 nitrogen and oxygen atoms in total. The third kappa shape index (κ3) is 2.50. The first-order chi connectivity index (χ1) is 7.68. The summed E-state index contributed by atoms with van der Waals surface area (Å²) in [4.78, 5) is 0. The Hall–Kier alpha value is -0.730. The van der Waals surface area contributed by atoms with Crippen molar-refractivity contribution in [1.82, 2.24) is 5.32 Å². The van der Waals surface area contributed by atoms with E-state index in [0.29, 0.717) is 5.92 Å². The lowest BCUT2D eigenvalue weighted by atomic mass is 10.0. The average molecular weight is 240 g/mol. The van der Waals surface area contributed by atoms with Gasteiger partial charge in [-0.2, -0.15) is 0 Å². The maximum atomic E-state index is 6.36. The molecule has 3 heteroatoms. The molecular weight excluding hydrogens is 222 g/mol. The molecule has 0 amide bonds. The van der Waals surface area contributed by atoms with E-state index in [0.717, 1.165) is 36.9 Å². The van der Waals surface area contributed by atoms with Crippen LogP contribution < -0.4 is 10.1 Å².